The maximum absolute atomic E-state index is 13.2. The molecule has 0 unspecified atom stereocenters. The van der Waals surface area contributed by atoms with Crippen LogP contribution in [0, 0.1) is 12.8 Å². The van der Waals surface area contributed by atoms with E-state index in [-0.39, 0.29) is 23.3 Å². The molecule has 28 heavy (non-hydrogen) atoms. The maximum atomic E-state index is 13.2. The summed E-state index contributed by atoms with van der Waals surface area (Å²) in [6.07, 6.45) is 1.32. The Kier molecular flexibility index (Phi) is 6.05. The SMILES string of the molecule is COc1ccc(C)cc1S(=O)(=O)N1CCC[C@@H](C(=O)N(C)c2ccccc2)C1. The minimum Gasteiger partial charge on any atom is -0.495 e. The first-order valence-corrected chi connectivity index (χ1v) is 10.8. The molecule has 3 rings (SSSR count). The Morgan fingerprint density at radius 3 is 2.57 bits per heavy atom. The van der Waals surface area contributed by atoms with Crippen LogP contribution in [-0.4, -0.2) is 45.9 Å². The lowest BCUT2D eigenvalue weighted by Gasteiger charge is -2.33. The molecule has 1 amide bonds. The molecule has 1 fully saturated rings. The van der Waals surface area contributed by atoms with Crippen LogP contribution in [0.2, 0.25) is 0 Å². The van der Waals surface area contributed by atoms with Crippen LogP contribution < -0.4 is 9.64 Å². The second kappa shape index (κ2) is 8.32. The molecule has 0 saturated carbocycles. The molecule has 0 spiro atoms. The second-order valence-electron chi connectivity index (χ2n) is 7.09. The predicted molar refractivity (Wildman–Crippen MR) is 109 cm³/mol. The van der Waals surface area contributed by atoms with Gasteiger partial charge in [-0.1, -0.05) is 24.3 Å². The number of nitrogens with zero attached hydrogens (tertiary/aromatic N) is 2. The largest absolute Gasteiger partial charge is 0.495 e. The third kappa shape index (κ3) is 4.05. The van der Waals surface area contributed by atoms with Crippen LogP contribution in [0.4, 0.5) is 5.69 Å². The molecular formula is C21H26N2O4S. The summed E-state index contributed by atoms with van der Waals surface area (Å²) in [7, 11) is -0.556. The van der Waals surface area contributed by atoms with Crippen LogP contribution >= 0.6 is 0 Å². The van der Waals surface area contributed by atoms with Crippen molar-refractivity contribution in [3.8, 4) is 5.75 Å². The minimum atomic E-state index is -3.75. The molecule has 0 aliphatic carbocycles. The van der Waals surface area contributed by atoms with Crippen LogP contribution in [0.1, 0.15) is 18.4 Å². The first-order valence-electron chi connectivity index (χ1n) is 9.32. The fourth-order valence-corrected chi connectivity index (χ4v) is 5.30. The fraction of sp³-hybridized carbons (Fsp3) is 0.381. The van der Waals surface area contributed by atoms with E-state index in [1.54, 1.807) is 24.1 Å². The Morgan fingerprint density at radius 1 is 1.18 bits per heavy atom. The van der Waals surface area contributed by atoms with Gasteiger partial charge in [-0.3, -0.25) is 4.79 Å². The van der Waals surface area contributed by atoms with Crippen molar-refractivity contribution in [1.29, 1.82) is 0 Å². The number of ether oxygens (including phenoxy) is 1. The highest BCUT2D eigenvalue weighted by atomic mass is 32.2. The lowest BCUT2D eigenvalue weighted by atomic mass is 9.98. The summed E-state index contributed by atoms with van der Waals surface area (Å²) in [6, 6.07) is 14.5. The van der Waals surface area contributed by atoms with Crippen LogP contribution in [0.3, 0.4) is 0 Å². The summed E-state index contributed by atoms with van der Waals surface area (Å²) in [6.45, 7) is 2.42. The number of aryl methyl sites for hydroxylation is 1. The number of benzene rings is 2. The normalized spacial score (nSPS) is 17.9. The summed E-state index contributed by atoms with van der Waals surface area (Å²) >= 11 is 0. The Balaban J connectivity index is 1.83. The van der Waals surface area contributed by atoms with E-state index in [0.717, 1.165) is 11.3 Å². The number of anilines is 1. The molecule has 7 heteroatoms. The van der Waals surface area contributed by atoms with Gasteiger partial charge in [0.1, 0.15) is 10.6 Å². The van der Waals surface area contributed by atoms with Gasteiger partial charge in [-0.15, -0.1) is 0 Å². The number of methoxy groups -OCH3 is 1. The van der Waals surface area contributed by atoms with Gasteiger partial charge in [0.15, 0.2) is 0 Å². The third-order valence-corrected chi connectivity index (χ3v) is 7.03. The van der Waals surface area contributed by atoms with E-state index >= 15 is 0 Å². The number of piperidine rings is 1. The second-order valence-corrected chi connectivity index (χ2v) is 9.00. The van der Waals surface area contributed by atoms with Gasteiger partial charge in [0, 0.05) is 25.8 Å². The lowest BCUT2D eigenvalue weighted by molar-refractivity contribution is -0.123. The highest BCUT2D eigenvalue weighted by Gasteiger charge is 2.36. The number of sulfonamides is 1. The average Bonchev–Trinajstić information content (AvgIpc) is 2.73. The van der Waals surface area contributed by atoms with Crippen molar-refractivity contribution in [2.24, 2.45) is 5.92 Å². The first-order chi connectivity index (χ1) is 13.3. The van der Waals surface area contributed by atoms with E-state index in [2.05, 4.69) is 0 Å². The molecule has 0 bridgehead atoms. The Morgan fingerprint density at radius 2 is 1.89 bits per heavy atom. The van der Waals surface area contributed by atoms with Crippen molar-refractivity contribution in [3.63, 3.8) is 0 Å². The number of carbonyl (C=O) groups is 1. The van der Waals surface area contributed by atoms with Gasteiger partial charge in [0.2, 0.25) is 15.9 Å². The van der Waals surface area contributed by atoms with E-state index in [1.807, 2.05) is 43.3 Å². The molecule has 1 aliphatic rings. The standard InChI is InChI=1S/C21H26N2O4S/c1-16-11-12-19(27-3)20(14-16)28(25,26)23-13-7-8-17(15-23)21(24)22(2)18-9-5-4-6-10-18/h4-6,9-12,14,17H,7-8,13,15H2,1-3H3/t17-/m1/s1. The lowest BCUT2D eigenvalue weighted by Crippen LogP contribution is -2.46. The molecule has 150 valence electrons. The van der Waals surface area contributed by atoms with Gasteiger partial charge >= 0.3 is 0 Å². The quantitative estimate of drug-likeness (QED) is 0.771. The van der Waals surface area contributed by atoms with E-state index in [9.17, 15) is 13.2 Å². The Bertz CT molecular complexity index is 944. The number of para-hydroxylation sites is 1. The van der Waals surface area contributed by atoms with Crippen LogP contribution in [0.15, 0.2) is 53.4 Å². The van der Waals surface area contributed by atoms with Crippen molar-refractivity contribution in [2.45, 2.75) is 24.7 Å². The highest BCUT2D eigenvalue weighted by molar-refractivity contribution is 7.89. The Hall–Kier alpha value is -2.38. The molecule has 0 radical (unpaired) electrons. The van der Waals surface area contributed by atoms with Crippen LogP contribution in [0.5, 0.6) is 5.75 Å². The zero-order valence-corrected chi connectivity index (χ0v) is 17.3. The van der Waals surface area contributed by atoms with Gasteiger partial charge in [0.05, 0.1) is 13.0 Å². The molecule has 1 aliphatic heterocycles. The van der Waals surface area contributed by atoms with Crippen molar-refractivity contribution < 1.29 is 17.9 Å². The van der Waals surface area contributed by atoms with Gasteiger partial charge in [0.25, 0.3) is 0 Å². The maximum Gasteiger partial charge on any atom is 0.246 e. The number of hydrogen-bond donors (Lipinski definition) is 0. The monoisotopic (exact) mass is 402 g/mol. The van der Waals surface area contributed by atoms with E-state index in [1.165, 1.54) is 11.4 Å². The zero-order valence-electron chi connectivity index (χ0n) is 16.5. The summed E-state index contributed by atoms with van der Waals surface area (Å²) in [5.74, 6) is -0.118. The minimum absolute atomic E-state index is 0.0673. The van der Waals surface area contributed by atoms with Crippen molar-refractivity contribution >= 4 is 21.6 Å². The molecule has 2 aromatic carbocycles. The van der Waals surface area contributed by atoms with Gasteiger partial charge in [-0.05, 0) is 49.6 Å². The number of carbonyl (C=O) groups excluding carboxylic acids is 1. The highest BCUT2D eigenvalue weighted by Crippen LogP contribution is 2.31. The molecule has 2 aromatic rings. The van der Waals surface area contributed by atoms with Crippen molar-refractivity contribution in [2.75, 3.05) is 32.1 Å². The molecule has 1 atom stereocenters. The summed E-state index contributed by atoms with van der Waals surface area (Å²) in [5, 5.41) is 0. The first kappa shape index (κ1) is 20.4. The van der Waals surface area contributed by atoms with E-state index < -0.39 is 10.0 Å². The van der Waals surface area contributed by atoms with Gasteiger partial charge in [-0.25, -0.2) is 8.42 Å². The third-order valence-electron chi connectivity index (χ3n) is 5.14. The molecular weight excluding hydrogens is 376 g/mol. The van der Waals surface area contributed by atoms with Gasteiger partial charge in [-0.2, -0.15) is 4.31 Å². The van der Waals surface area contributed by atoms with Crippen LogP contribution in [0.25, 0.3) is 0 Å². The number of amides is 1. The average molecular weight is 403 g/mol. The van der Waals surface area contributed by atoms with E-state index in [4.69, 9.17) is 4.74 Å². The van der Waals surface area contributed by atoms with Gasteiger partial charge < -0.3 is 9.64 Å². The summed E-state index contributed by atoms with van der Waals surface area (Å²) < 4.78 is 33.2. The predicted octanol–water partition coefficient (Wildman–Crippen LogP) is 3.07. The summed E-state index contributed by atoms with van der Waals surface area (Å²) in [4.78, 5) is 14.7. The van der Waals surface area contributed by atoms with Crippen molar-refractivity contribution in [1.82, 2.24) is 4.31 Å². The molecule has 0 N–H and O–H groups in total. The van der Waals surface area contributed by atoms with Crippen molar-refractivity contribution in [3.05, 3.63) is 54.1 Å². The fourth-order valence-electron chi connectivity index (χ4n) is 3.54. The molecule has 1 heterocycles. The topological polar surface area (TPSA) is 66.9 Å². The molecule has 0 aromatic heterocycles. The number of hydrogen-bond acceptors (Lipinski definition) is 4. The number of rotatable bonds is 5. The van der Waals surface area contributed by atoms with E-state index in [0.29, 0.717) is 25.1 Å². The zero-order chi connectivity index (χ0) is 20.3. The Labute approximate surface area is 166 Å². The summed E-state index contributed by atoms with van der Waals surface area (Å²) in [5.41, 5.74) is 1.64. The van der Waals surface area contributed by atoms with Crippen LogP contribution in [-0.2, 0) is 14.8 Å². The smallest absolute Gasteiger partial charge is 0.246 e. The molecule has 1 saturated heterocycles. The molecule has 6 nitrogen and oxygen atoms in total.